The number of likely N-dealkylation sites (tertiary alicyclic amines) is 2. The van der Waals surface area contributed by atoms with Gasteiger partial charge in [-0.1, -0.05) is 28.1 Å². The maximum atomic E-state index is 12.7. The highest BCUT2D eigenvalue weighted by Crippen LogP contribution is 2.21. The Balaban J connectivity index is 0.00000192. The molecule has 2 aliphatic heterocycles. The highest BCUT2D eigenvalue weighted by molar-refractivity contribution is 9.10. The van der Waals surface area contributed by atoms with Crippen LogP contribution in [0.3, 0.4) is 0 Å². The van der Waals surface area contributed by atoms with E-state index in [1.165, 1.54) is 38.8 Å². The van der Waals surface area contributed by atoms with Gasteiger partial charge < -0.3 is 9.80 Å². The molecule has 2 aliphatic rings. The van der Waals surface area contributed by atoms with E-state index in [0.717, 1.165) is 29.5 Å². The van der Waals surface area contributed by atoms with E-state index in [1.54, 1.807) is 0 Å². The molecule has 128 valence electrons. The van der Waals surface area contributed by atoms with Crippen LogP contribution in [0.1, 0.15) is 37.7 Å². The molecule has 23 heavy (non-hydrogen) atoms. The zero-order valence-corrected chi connectivity index (χ0v) is 15.9. The number of hydrogen-bond acceptors (Lipinski definition) is 2. The van der Waals surface area contributed by atoms with Crippen molar-refractivity contribution in [1.29, 1.82) is 0 Å². The smallest absolute Gasteiger partial charge is 0.227 e. The average Bonchev–Trinajstić information content (AvgIpc) is 3.03. The van der Waals surface area contributed by atoms with Gasteiger partial charge in [-0.25, -0.2) is 0 Å². The van der Waals surface area contributed by atoms with Crippen molar-refractivity contribution < 1.29 is 4.79 Å². The average molecular weight is 402 g/mol. The molecule has 2 heterocycles. The summed E-state index contributed by atoms with van der Waals surface area (Å²) in [6, 6.07) is 8.54. The van der Waals surface area contributed by atoms with Crippen LogP contribution in [-0.4, -0.2) is 47.9 Å². The van der Waals surface area contributed by atoms with Crippen molar-refractivity contribution >= 4 is 34.2 Å². The molecule has 0 spiro atoms. The molecule has 0 aromatic heterocycles. The van der Waals surface area contributed by atoms with Crippen LogP contribution in [-0.2, 0) is 11.2 Å². The van der Waals surface area contributed by atoms with Crippen LogP contribution in [0.5, 0.6) is 0 Å². The summed E-state index contributed by atoms with van der Waals surface area (Å²) in [5.74, 6) is 0.297. The Morgan fingerprint density at radius 2 is 1.70 bits per heavy atom. The molecule has 1 unspecified atom stereocenters. The lowest BCUT2D eigenvalue weighted by atomic mass is 10.00. The molecule has 5 heteroatoms. The van der Waals surface area contributed by atoms with Crippen LogP contribution in [0.25, 0.3) is 0 Å². The van der Waals surface area contributed by atoms with Crippen LogP contribution in [0.15, 0.2) is 28.7 Å². The van der Waals surface area contributed by atoms with E-state index in [0.29, 0.717) is 18.4 Å². The fourth-order valence-electron chi connectivity index (χ4n) is 3.66. The number of benzene rings is 1. The maximum absolute atomic E-state index is 12.7. The lowest BCUT2D eigenvalue weighted by Gasteiger charge is -2.38. The van der Waals surface area contributed by atoms with Crippen molar-refractivity contribution in [2.75, 3.05) is 26.2 Å². The molecule has 3 rings (SSSR count). The van der Waals surface area contributed by atoms with Crippen molar-refractivity contribution in [3.05, 3.63) is 34.3 Å². The second-order valence-electron chi connectivity index (χ2n) is 6.55. The molecular weight excluding hydrogens is 376 g/mol. The standard InChI is InChI=1S/C18H25BrN2O.ClH/c19-16-8-6-15(7-9-16)13-18(22)21-12-2-1-5-17(21)14-20-10-3-4-11-20;/h6-9,17H,1-5,10-14H2;1H. The largest absolute Gasteiger partial charge is 0.338 e. The van der Waals surface area contributed by atoms with Crippen molar-refractivity contribution in [3.8, 4) is 0 Å². The number of rotatable bonds is 4. The third kappa shape index (κ3) is 5.20. The Kier molecular flexibility index (Phi) is 7.38. The fourth-order valence-corrected chi connectivity index (χ4v) is 3.92. The molecule has 3 nitrogen and oxygen atoms in total. The van der Waals surface area contributed by atoms with Gasteiger partial charge in [0.25, 0.3) is 0 Å². The molecule has 0 bridgehead atoms. The molecule has 1 aromatic rings. The summed E-state index contributed by atoms with van der Waals surface area (Å²) in [6.45, 7) is 4.44. The van der Waals surface area contributed by atoms with E-state index < -0.39 is 0 Å². The van der Waals surface area contributed by atoms with Gasteiger partial charge in [0.1, 0.15) is 0 Å². The molecule has 0 saturated carbocycles. The molecular formula is C18H26BrClN2O. The van der Waals surface area contributed by atoms with Gasteiger partial charge in [0.05, 0.1) is 6.42 Å². The van der Waals surface area contributed by atoms with Gasteiger partial charge in [-0.3, -0.25) is 4.79 Å². The number of halogens is 2. The van der Waals surface area contributed by atoms with Gasteiger partial charge >= 0.3 is 0 Å². The summed E-state index contributed by atoms with van der Waals surface area (Å²) >= 11 is 3.45. The molecule has 0 aliphatic carbocycles. The predicted molar refractivity (Wildman–Crippen MR) is 100 cm³/mol. The Hall–Kier alpha value is -0.580. The minimum absolute atomic E-state index is 0. The van der Waals surface area contributed by atoms with E-state index in [-0.39, 0.29) is 12.4 Å². The fraction of sp³-hybridized carbons (Fsp3) is 0.611. The number of nitrogens with zero attached hydrogens (tertiary/aromatic N) is 2. The summed E-state index contributed by atoms with van der Waals surface area (Å²) in [7, 11) is 0. The van der Waals surface area contributed by atoms with Gasteiger partial charge in [0.15, 0.2) is 0 Å². The molecule has 0 N–H and O–H groups in total. The number of amides is 1. The topological polar surface area (TPSA) is 23.6 Å². The lowest BCUT2D eigenvalue weighted by molar-refractivity contribution is -0.134. The van der Waals surface area contributed by atoms with Gasteiger partial charge in [-0.05, 0) is 62.9 Å². The third-order valence-electron chi connectivity index (χ3n) is 4.88. The molecule has 2 saturated heterocycles. The number of piperidine rings is 1. The van der Waals surface area contributed by atoms with E-state index in [2.05, 4.69) is 25.7 Å². The minimum atomic E-state index is 0. The van der Waals surface area contributed by atoms with Gasteiger partial charge in [-0.2, -0.15) is 0 Å². The van der Waals surface area contributed by atoms with Crippen molar-refractivity contribution in [2.24, 2.45) is 0 Å². The Labute approximate surface area is 154 Å². The summed E-state index contributed by atoms with van der Waals surface area (Å²) < 4.78 is 1.06. The molecule has 1 amide bonds. The zero-order chi connectivity index (χ0) is 15.4. The van der Waals surface area contributed by atoms with Crippen LogP contribution in [0.4, 0.5) is 0 Å². The SMILES string of the molecule is Cl.O=C(Cc1ccc(Br)cc1)N1CCCCC1CN1CCCC1. The first-order chi connectivity index (χ1) is 10.7. The number of carbonyl (C=O) groups is 1. The van der Waals surface area contributed by atoms with E-state index in [9.17, 15) is 4.79 Å². The maximum Gasteiger partial charge on any atom is 0.227 e. The first-order valence-corrected chi connectivity index (χ1v) is 9.28. The highest BCUT2D eigenvalue weighted by atomic mass is 79.9. The van der Waals surface area contributed by atoms with Gasteiger partial charge in [-0.15, -0.1) is 12.4 Å². The monoisotopic (exact) mass is 400 g/mol. The minimum Gasteiger partial charge on any atom is -0.338 e. The van der Waals surface area contributed by atoms with E-state index in [1.807, 2.05) is 24.3 Å². The van der Waals surface area contributed by atoms with Crippen molar-refractivity contribution in [2.45, 2.75) is 44.6 Å². The first-order valence-electron chi connectivity index (χ1n) is 8.48. The molecule has 1 atom stereocenters. The molecule has 1 aromatic carbocycles. The lowest BCUT2D eigenvalue weighted by Crippen LogP contribution is -2.49. The van der Waals surface area contributed by atoms with E-state index in [4.69, 9.17) is 0 Å². The first kappa shape index (κ1) is 18.8. The van der Waals surface area contributed by atoms with Crippen LogP contribution in [0.2, 0.25) is 0 Å². The highest BCUT2D eigenvalue weighted by Gasteiger charge is 2.28. The van der Waals surface area contributed by atoms with Crippen molar-refractivity contribution in [1.82, 2.24) is 9.80 Å². The van der Waals surface area contributed by atoms with Crippen LogP contribution >= 0.6 is 28.3 Å². The predicted octanol–water partition coefficient (Wildman–Crippen LogP) is 3.89. The summed E-state index contributed by atoms with van der Waals surface area (Å²) in [5.41, 5.74) is 1.11. The zero-order valence-electron chi connectivity index (χ0n) is 13.5. The Bertz CT molecular complexity index is 502. The number of carbonyl (C=O) groups excluding carboxylic acids is 1. The second-order valence-corrected chi connectivity index (χ2v) is 7.46. The molecule has 2 fully saturated rings. The summed E-state index contributed by atoms with van der Waals surface area (Å²) in [5, 5.41) is 0. The normalized spacial score (nSPS) is 22.0. The molecule has 0 radical (unpaired) electrons. The quantitative estimate of drug-likeness (QED) is 0.764. The van der Waals surface area contributed by atoms with Crippen LogP contribution in [0, 0.1) is 0 Å². The van der Waals surface area contributed by atoms with Crippen molar-refractivity contribution in [3.63, 3.8) is 0 Å². The Morgan fingerprint density at radius 3 is 2.39 bits per heavy atom. The van der Waals surface area contributed by atoms with Crippen LogP contribution < -0.4 is 0 Å². The third-order valence-corrected chi connectivity index (χ3v) is 5.41. The summed E-state index contributed by atoms with van der Waals surface area (Å²) in [4.78, 5) is 17.4. The summed E-state index contributed by atoms with van der Waals surface area (Å²) in [6.07, 6.45) is 6.76. The van der Waals surface area contributed by atoms with Gasteiger partial charge in [0.2, 0.25) is 5.91 Å². The van der Waals surface area contributed by atoms with Gasteiger partial charge in [0, 0.05) is 23.6 Å². The van der Waals surface area contributed by atoms with E-state index >= 15 is 0 Å². The number of hydrogen-bond donors (Lipinski definition) is 0. The second kappa shape index (κ2) is 9.05. The Morgan fingerprint density at radius 1 is 1.04 bits per heavy atom.